The fourth-order valence-electron chi connectivity index (χ4n) is 1.77. The van der Waals surface area contributed by atoms with Crippen LogP contribution in [0, 0.1) is 0 Å². The van der Waals surface area contributed by atoms with Gasteiger partial charge in [0.05, 0.1) is 22.6 Å². The Kier molecular flexibility index (Phi) is 6.85. The van der Waals surface area contributed by atoms with Crippen molar-refractivity contribution in [2.45, 2.75) is 39.8 Å². The summed E-state index contributed by atoms with van der Waals surface area (Å²) in [6.45, 7) is 8.63. The van der Waals surface area contributed by atoms with Gasteiger partial charge in [0.15, 0.2) is 5.96 Å². The second kappa shape index (κ2) is 8.64. The van der Waals surface area contributed by atoms with Crippen molar-refractivity contribution >= 4 is 44.6 Å². The van der Waals surface area contributed by atoms with Crippen molar-refractivity contribution < 1.29 is 0 Å². The highest BCUT2D eigenvalue weighted by atomic mass is 79.9. The monoisotopic (exact) mass is 400 g/mol. The first kappa shape index (κ1) is 17.4. The molecule has 0 saturated carbocycles. The molecule has 0 aliphatic rings. The molecule has 2 aromatic heterocycles. The zero-order valence-corrected chi connectivity index (χ0v) is 16.2. The zero-order valence-electron chi connectivity index (χ0n) is 13.0. The van der Waals surface area contributed by atoms with Crippen molar-refractivity contribution in [2.24, 2.45) is 4.99 Å². The lowest BCUT2D eigenvalue weighted by atomic mass is 10.2. The molecule has 0 amide bonds. The summed E-state index contributed by atoms with van der Waals surface area (Å²) >= 11 is 6.88. The fraction of sp³-hybridized carbons (Fsp3) is 0.467. The Balaban J connectivity index is 1.92. The number of halogens is 1. The quantitative estimate of drug-likeness (QED) is 0.559. The predicted molar refractivity (Wildman–Crippen MR) is 99.9 cm³/mol. The molecular formula is C15H21BrN4S2. The van der Waals surface area contributed by atoms with Gasteiger partial charge in [-0.3, -0.25) is 0 Å². The van der Waals surface area contributed by atoms with Crippen LogP contribution in [-0.2, 0) is 13.1 Å². The topological polar surface area (TPSA) is 49.3 Å². The van der Waals surface area contributed by atoms with Crippen molar-refractivity contribution in [1.82, 2.24) is 15.6 Å². The molecule has 7 heteroatoms. The number of guanidine groups is 1. The number of thiophene rings is 1. The molecule has 2 rings (SSSR count). The van der Waals surface area contributed by atoms with Crippen LogP contribution in [0.5, 0.6) is 0 Å². The SMILES string of the molecule is CCNC(=NCc1ccc(Br)s1)NCc1nc(C(C)C)cs1. The van der Waals surface area contributed by atoms with E-state index in [0.717, 1.165) is 27.0 Å². The summed E-state index contributed by atoms with van der Waals surface area (Å²) in [5, 5.41) is 9.84. The molecule has 0 aromatic carbocycles. The molecule has 0 aliphatic carbocycles. The second-order valence-electron chi connectivity index (χ2n) is 5.08. The third kappa shape index (κ3) is 5.37. The molecule has 4 nitrogen and oxygen atoms in total. The zero-order chi connectivity index (χ0) is 15.9. The number of aromatic nitrogens is 1. The molecule has 0 unspecified atom stereocenters. The number of thiazole rings is 1. The van der Waals surface area contributed by atoms with Gasteiger partial charge in [-0.15, -0.1) is 22.7 Å². The van der Waals surface area contributed by atoms with E-state index in [1.54, 1.807) is 22.7 Å². The summed E-state index contributed by atoms with van der Waals surface area (Å²) < 4.78 is 1.14. The van der Waals surface area contributed by atoms with Gasteiger partial charge < -0.3 is 10.6 Å². The molecule has 0 atom stereocenters. The molecule has 2 aromatic rings. The van der Waals surface area contributed by atoms with Crippen molar-refractivity contribution in [1.29, 1.82) is 0 Å². The molecule has 22 heavy (non-hydrogen) atoms. The lowest BCUT2D eigenvalue weighted by Crippen LogP contribution is -2.36. The Morgan fingerprint density at radius 2 is 2.18 bits per heavy atom. The van der Waals surface area contributed by atoms with Crippen LogP contribution in [0.4, 0.5) is 0 Å². The van der Waals surface area contributed by atoms with Crippen LogP contribution in [-0.4, -0.2) is 17.5 Å². The lowest BCUT2D eigenvalue weighted by Gasteiger charge is -2.09. The largest absolute Gasteiger partial charge is 0.357 e. The van der Waals surface area contributed by atoms with Gasteiger partial charge in [-0.2, -0.15) is 0 Å². The summed E-state index contributed by atoms with van der Waals surface area (Å²) in [5.74, 6) is 1.30. The van der Waals surface area contributed by atoms with E-state index >= 15 is 0 Å². The van der Waals surface area contributed by atoms with E-state index in [2.05, 4.69) is 74.8 Å². The number of hydrogen-bond donors (Lipinski definition) is 2. The van der Waals surface area contributed by atoms with Crippen LogP contribution in [0.1, 0.15) is 42.3 Å². The van der Waals surface area contributed by atoms with Crippen LogP contribution in [0.15, 0.2) is 26.3 Å². The Bertz CT molecular complexity index is 619. The fourth-order valence-corrected chi connectivity index (χ4v) is 4.07. The van der Waals surface area contributed by atoms with Gasteiger partial charge in [-0.1, -0.05) is 13.8 Å². The first-order valence-corrected chi connectivity index (χ1v) is 9.78. The van der Waals surface area contributed by atoms with Crippen molar-refractivity contribution in [2.75, 3.05) is 6.54 Å². The number of nitrogens with one attached hydrogen (secondary N) is 2. The maximum Gasteiger partial charge on any atom is 0.191 e. The van der Waals surface area contributed by atoms with Gasteiger partial charge in [-0.25, -0.2) is 9.98 Å². The highest BCUT2D eigenvalue weighted by Crippen LogP contribution is 2.22. The molecule has 2 N–H and O–H groups in total. The standard InChI is InChI=1S/C15H21BrN4S2/c1-4-17-15(18-7-11-5-6-13(16)22-11)19-8-14-20-12(9-21-14)10(2)3/h5-6,9-10H,4,7-8H2,1-3H3,(H2,17,18,19). The number of nitrogens with zero attached hydrogens (tertiary/aromatic N) is 2. The first-order chi connectivity index (χ1) is 10.6. The van der Waals surface area contributed by atoms with Crippen LogP contribution in [0.3, 0.4) is 0 Å². The minimum absolute atomic E-state index is 0.476. The smallest absolute Gasteiger partial charge is 0.191 e. The predicted octanol–water partition coefficient (Wildman–Crippen LogP) is 4.35. The third-order valence-electron chi connectivity index (χ3n) is 2.93. The molecular weight excluding hydrogens is 380 g/mol. The maximum absolute atomic E-state index is 4.63. The molecule has 2 heterocycles. The average Bonchev–Trinajstić information content (AvgIpc) is 3.11. The number of aliphatic imine (C=N–C) groups is 1. The molecule has 0 radical (unpaired) electrons. The lowest BCUT2D eigenvalue weighted by molar-refractivity contribution is 0.788. The molecule has 0 saturated heterocycles. The van der Waals surface area contributed by atoms with Gasteiger partial charge >= 0.3 is 0 Å². The highest BCUT2D eigenvalue weighted by molar-refractivity contribution is 9.11. The van der Waals surface area contributed by atoms with E-state index in [4.69, 9.17) is 0 Å². The Hall–Kier alpha value is -0.920. The normalized spacial score (nSPS) is 12.0. The Morgan fingerprint density at radius 1 is 1.36 bits per heavy atom. The van der Waals surface area contributed by atoms with Crippen molar-refractivity contribution in [3.8, 4) is 0 Å². The molecule has 0 fully saturated rings. The average molecular weight is 401 g/mol. The van der Waals surface area contributed by atoms with Crippen LogP contribution < -0.4 is 10.6 Å². The number of hydrogen-bond acceptors (Lipinski definition) is 4. The van der Waals surface area contributed by atoms with Gasteiger partial charge in [0.2, 0.25) is 0 Å². The highest BCUT2D eigenvalue weighted by Gasteiger charge is 2.06. The van der Waals surface area contributed by atoms with Crippen LogP contribution in [0.25, 0.3) is 0 Å². The second-order valence-corrected chi connectivity index (χ2v) is 8.57. The van der Waals surface area contributed by atoms with Crippen LogP contribution in [0.2, 0.25) is 0 Å². The van der Waals surface area contributed by atoms with E-state index < -0.39 is 0 Å². The van der Waals surface area contributed by atoms with E-state index in [0.29, 0.717) is 19.0 Å². The van der Waals surface area contributed by atoms with E-state index in [9.17, 15) is 0 Å². The summed E-state index contributed by atoms with van der Waals surface area (Å²) in [4.78, 5) is 10.5. The Labute approximate surface area is 148 Å². The third-order valence-corrected chi connectivity index (χ3v) is 5.41. The van der Waals surface area contributed by atoms with E-state index in [1.165, 1.54) is 4.88 Å². The first-order valence-electron chi connectivity index (χ1n) is 7.29. The summed E-state index contributed by atoms with van der Waals surface area (Å²) in [5.41, 5.74) is 1.16. The van der Waals surface area contributed by atoms with Crippen LogP contribution >= 0.6 is 38.6 Å². The maximum atomic E-state index is 4.63. The van der Waals surface area contributed by atoms with Crippen molar-refractivity contribution in [3.63, 3.8) is 0 Å². The number of rotatable bonds is 6. The summed E-state index contributed by atoms with van der Waals surface area (Å²) in [7, 11) is 0. The van der Waals surface area contributed by atoms with Gasteiger partial charge in [0, 0.05) is 16.8 Å². The molecule has 0 bridgehead atoms. The van der Waals surface area contributed by atoms with Gasteiger partial charge in [-0.05, 0) is 40.9 Å². The molecule has 0 aliphatic heterocycles. The van der Waals surface area contributed by atoms with Gasteiger partial charge in [0.1, 0.15) is 5.01 Å². The van der Waals surface area contributed by atoms with Crippen molar-refractivity contribution in [3.05, 3.63) is 36.9 Å². The van der Waals surface area contributed by atoms with E-state index in [1.807, 2.05) is 0 Å². The molecule has 0 spiro atoms. The minimum Gasteiger partial charge on any atom is -0.357 e. The van der Waals surface area contributed by atoms with E-state index in [-0.39, 0.29) is 0 Å². The summed E-state index contributed by atoms with van der Waals surface area (Å²) in [6, 6.07) is 4.15. The summed E-state index contributed by atoms with van der Waals surface area (Å²) in [6.07, 6.45) is 0. The Morgan fingerprint density at radius 3 is 2.77 bits per heavy atom. The molecule has 120 valence electrons. The minimum atomic E-state index is 0.476. The van der Waals surface area contributed by atoms with Gasteiger partial charge in [0.25, 0.3) is 0 Å².